The Labute approximate surface area is 114 Å². The fourth-order valence-corrected chi connectivity index (χ4v) is 2.39. The number of hydrogen-bond acceptors (Lipinski definition) is 4. The van der Waals surface area contributed by atoms with Gasteiger partial charge in [-0.2, -0.15) is 4.98 Å². The monoisotopic (exact) mass is 263 g/mol. The Balaban J connectivity index is 2.00. The van der Waals surface area contributed by atoms with Gasteiger partial charge in [-0.1, -0.05) is 13.0 Å². The molecule has 1 amide bonds. The lowest BCUT2D eigenvalue weighted by molar-refractivity contribution is -0.114. The van der Waals surface area contributed by atoms with Crippen molar-refractivity contribution in [1.82, 2.24) is 9.88 Å². The van der Waals surface area contributed by atoms with Gasteiger partial charge in [-0.15, -0.1) is 0 Å². The summed E-state index contributed by atoms with van der Waals surface area (Å²) in [7, 11) is 2.13. The summed E-state index contributed by atoms with van der Waals surface area (Å²) in [4.78, 5) is 17.6. The molecule has 0 bridgehead atoms. The van der Waals surface area contributed by atoms with Crippen LogP contribution in [-0.4, -0.2) is 42.0 Å². The van der Waals surface area contributed by atoms with E-state index in [1.54, 1.807) is 6.07 Å². The van der Waals surface area contributed by atoms with Gasteiger partial charge in [-0.25, -0.2) is 0 Å². The first kappa shape index (κ1) is 13.8. The molecule has 2 atom stereocenters. The van der Waals surface area contributed by atoms with Crippen molar-refractivity contribution < 1.29 is 9.53 Å². The van der Waals surface area contributed by atoms with Crippen LogP contribution in [0.4, 0.5) is 5.82 Å². The summed E-state index contributed by atoms with van der Waals surface area (Å²) in [6.45, 7) is 5.74. The molecular weight excluding hydrogens is 242 g/mol. The lowest BCUT2D eigenvalue weighted by atomic mass is 9.97. The highest BCUT2D eigenvalue weighted by atomic mass is 16.5. The summed E-state index contributed by atoms with van der Waals surface area (Å²) in [6.07, 6.45) is 1.19. The van der Waals surface area contributed by atoms with Gasteiger partial charge in [0.15, 0.2) is 0 Å². The minimum absolute atomic E-state index is 0.127. The van der Waals surface area contributed by atoms with Crippen LogP contribution in [0.2, 0.25) is 0 Å². The molecule has 5 heteroatoms. The van der Waals surface area contributed by atoms with Crippen LogP contribution in [0.15, 0.2) is 18.2 Å². The first-order valence-corrected chi connectivity index (χ1v) is 6.64. The number of rotatable bonds is 3. The topological polar surface area (TPSA) is 54.5 Å². The highest BCUT2D eigenvalue weighted by Crippen LogP contribution is 2.22. The lowest BCUT2D eigenvalue weighted by Crippen LogP contribution is -2.42. The van der Waals surface area contributed by atoms with Gasteiger partial charge in [0.2, 0.25) is 11.8 Å². The maximum Gasteiger partial charge on any atom is 0.222 e. The summed E-state index contributed by atoms with van der Waals surface area (Å²) in [6, 6.07) is 5.43. The average molecular weight is 263 g/mol. The highest BCUT2D eigenvalue weighted by molar-refractivity contribution is 5.87. The number of hydrogen-bond donors (Lipinski definition) is 1. The number of ether oxygens (including phenoxy) is 1. The Hall–Kier alpha value is -1.62. The van der Waals surface area contributed by atoms with E-state index in [1.165, 1.54) is 6.92 Å². The molecule has 0 radical (unpaired) electrons. The van der Waals surface area contributed by atoms with Crippen molar-refractivity contribution in [2.75, 3.05) is 25.5 Å². The normalized spacial score (nSPS) is 23.9. The Kier molecular flexibility index (Phi) is 4.37. The van der Waals surface area contributed by atoms with Gasteiger partial charge in [-0.05, 0) is 19.5 Å². The molecular formula is C14H21N3O2. The number of nitrogens with zero attached hydrogens (tertiary/aromatic N) is 2. The summed E-state index contributed by atoms with van der Waals surface area (Å²) >= 11 is 0. The second-order valence-electron chi connectivity index (χ2n) is 5.23. The van der Waals surface area contributed by atoms with E-state index < -0.39 is 0 Å². The second-order valence-corrected chi connectivity index (χ2v) is 5.23. The van der Waals surface area contributed by atoms with Crippen molar-refractivity contribution in [3.8, 4) is 5.88 Å². The second kappa shape index (κ2) is 6.02. The maximum atomic E-state index is 11.0. The van der Waals surface area contributed by atoms with Crippen LogP contribution in [0.25, 0.3) is 0 Å². The Morgan fingerprint density at radius 2 is 2.32 bits per heavy atom. The van der Waals surface area contributed by atoms with Crippen molar-refractivity contribution in [1.29, 1.82) is 0 Å². The van der Waals surface area contributed by atoms with Crippen molar-refractivity contribution in [2.45, 2.75) is 26.4 Å². The molecule has 19 heavy (non-hydrogen) atoms. The number of carbonyl (C=O) groups excluding carboxylic acids is 1. The molecule has 0 saturated carbocycles. The van der Waals surface area contributed by atoms with E-state index >= 15 is 0 Å². The van der Waals surface area contributed by atoms with Crippen molar-refractivity contribution in [3.63, 3.8) is 0 Å². The minimum Gasteiger partial charge on any atom is -0.474 e. The van der Waals surface area contributed by atoms with E-state index in [4.69, 9.17) is 4.74 Å². The van der Waals surface area contributed by atoms with Gasteiger partial charge in [0.1, 0.15) is 11.9 Å². The highest BCUT2D eigenvalue weighted by Gasteiger charge is 2.26. The fourth-order valence-electron chi connectivity index (χ4n) is 2.39. The van der Waals surface area contributed by atoms with Gasteiger partial charge in [-0.3, -0.25) is 4.79 Å². The number of carbonyl (C=O) groups is 1. The predicted octanol–water partition coefficient (Wildman–Crippen LogP) is 1.76. The molecule has 2 heterocycles. The van der Waals surface area contributed by atoms with E-state index in [2.05, 4.69) is 29.2 Å². The van der Waals surface area contributed by atoms with E-state index in [1.807, 2.05) is 12.1 Å². The molecule has 1 fully saturated rings. The minimum atomic E-state index is -0.127. The van der Waals surface area contributed by atoms with Crippen molar-refractivity contribution in [3.05, 3.63) is 18.2 Å². The summed E-state index contributed by atoms with van der Waals surface area (Å²) in [5.41, 5.74) is 0. The third kappa shape index (κ3) is 3.92. The lowest BCUT2D eigenvalue weighted by Gasteiger charge is -2.34. The summed E-state index contributed by atoms with van der Waals surface area (Å²) < 4.78 is 5.95. The molecule has 0 aliphatic carbocycles. The summed E-state index contributed by atoms with van der Waals surface area (Å²) in [5.74, 6) is 1.46. The van der Waals surface area contributed by atoms with Gasteiger partial charge in [0, 0.05) is 32.0 Å². The molecule has 1 unspecified atom stereocenters. The number of pyridine rings is 1. The maximum absolute atomic E-state index is 11.0. The van der Waals surface area contributed by atoms with Gasteiger partial charge in [0.05, 0.1) is 0 Å². The number of anilines is 1. The third-order valence-corrected chi connectivity index (χ3v) is 3.33. The van der Waals surface area contributed by atoms with Crippen LogP contribution < -0.4 is 10.1 Å². The van der Waals surface area contributed by atoms with E-state index in [-0.39, 0.29) is 12.0 Å². The number of aromatic nitrogens is 1. The molecule has 1 saturated heterocycles. The van der Waals surface area contributed by atoms with E-state index in [0.29, 0.717) is 17.6 Å². The molecule has 1 aliphatic heterocycles. The first-order valence-electron chi connectivity index (χ1n) is 6.64. The SMILES string of the molecule is CC(=O)Nc1cccc(OC2CCN(C)C[C@H]2C)n1. The zero-order valence-corrected chi connectivity index (χ0v) is 11.7. The van der Waals surface area contributed by atoms with Crippen LogP contribution in [0, 0.1) is 5.92 Å². The van der Waals surface area contributed by atoms with Gasteiger partial charge < -0.3 is 15.0 Å². The number of likely N-dealkylation sites (tertiary alicyclic amines) is 1. The molecule has 1 aromatic heterocycles. The Morgan fingerprint density at radius 1 is 1.53 bits per heavy atom. The van der Waals surface area contributed by atoms with Crippen LogP contribution in [0.1, 0.15) is 20.3 Å². The van der Waals surface area contributed by atoms with Gasteiger partial charge >= 0.3 is 0 Å². The molecule has 5 nitrogen and oxygen atoms in total. The van der Waals surface area contributed by atoms with Crippen molar-refractivity contribution in [2.24, 2.45) is 5.92 Å². The zero-order valence-electron chi connectivity index (χ0n) is 11.7. The Morgan fingerprint density at radius 3 is 3.00 bits per heavy atom. The smallest absolute Gasteiger partial charge is 0.222 e. The van der Waals surface area contributed by atoms with Gasteiger partial charge in [0.25, 0.3) is 0 Å². The summed E-state index contributed by atoms with van der Waals surface area (Å²) in [5, 5.41) is 2.66. The molecule has 1 aliphatic rings. The largest absolute Gasteiger partial charge is 0.474 e. The first-order chi connectivity index (χ1) is 9.04. The third-order valence-electron chi connectivity index (χ3n) is 3.33. The van der Waals surface area contributed by atoms with Crippen molar-refractivity contribution >= 4 is 11.7 Å². The Bertz CT molecular complexity index is 450. The quantitative estimate of drug-likeness (QED) is 0.903. The molecule has 1 aromatic rings. The number of piperidine rings is 1. The van der Waals surface area contributed by atoms with Crippen LogP contribution in [0.5, 0.6) is 5.88 Å². The van der Waals surface area contributed by atoms with E-state index in [9.17, 15) is 4.79 Å². The molecule has 1 N–H and O–H groups in total. The number of amides is 1. The molecule has 104 valence electrons. The molecule has 0 spiro atoms. The average Bonchev–Trinajstić information content (AvgIpc) is 2.32. The fraction of sp³-hybridized carbons (Fsp3) is 0.571. The van der Waals surface area contributed by atoms with Crippen LogP contribution in [0.3, 0.4) is 0 Å². The standard InChI is InChI=1S/C14H21N3O2/c1-10-9-17(3)8-7-12(10)19-14-6-4-5-13(16-14)15-11(2)18/h4-6,10,12H,7-9H2,1-3H3,(H,15,16,18)/t10-,12?/m1/s1. The molecule has 2 rings (SSSR count). The zero-order chi connectivity index (χ0) is 13.8. The predicted molar refractivity (Wildman–Crippen MR) is 74.2 cm³/mol. The molecule has 0 aromatic carbocycles. The van der Waals surface area contributed by atoms with Crippen LogP contribution >= 0.6 is 0 Å². The van der Waals surface area contributed by atoms with E-state index in [0.717, 1.165) is 19.5 Å². The van der Waals surface area contributed by atoms with Crippen LogP contribution in [-0.2, 0) is 4.79 Å². The number of nitrogens with one attached hydrogen (secondary N) is 1.